The molecule has 0 aromatic carbocycles. The third-order valence-electron chi connectivity index (χ3n) is 4.67. The maximum Gasteiger partial charge on any atom is 0.181 e. The van der Waals surface area contributed by atoms with Crippen LogP contribution in [0.25, 0.3) is 0 Å². The zero-order valence-electron chi connectivity index (χ0n) is 10.5. The molecule has 0 aromatic heterocycles. The van der Waals surface area contributed by atoms with E-state index in [1.165, 1.54) is 44.9 Å². The van der Waals surface area contributed by atoms with E-state index in [0.29, 0.717) is 6.04 Å². The van der Waals surface area contributed by atoms with Crippen molar-refractivity contribution >= 4 is 17.3 Å². The van der Waals surface area contributed by atoms with Crippen molar-refractivity contribution < 1.29 is 0 Å². The van der Waals surface area contributed by atoms with Crippen molar-refractivity contribution in [1.29, 1.82) is 0 Å². The van der Waals surface area contributed by atoms with Crippen LogP contribution in [0.15, 0.2) is 0 Å². The first-order valence-corrected chi connectivity index (χ1v) is 7.54. The van der Waals surface area contributed by atoms with Gasteiger partial charge in [0.15, 0.2) is 5.11 Å². The highest BCUT2D eigenvalue weighted by atomic mass is 32.1. The summed E-state index contributed by atoms with van der Waals surface area (Å²) in [5.74, 6) is 1.87. The number of rotatable bonds is 2. The topological polar surface area (TPSA) is 27.3 Å². The van der Waals surface area contributed by atoms with Crippen molar-refractivity contribution in [3.8, 4) is 0 Å². The van der Waals surface area contributed by atoms with Crippen LogP contribution in [0, 0.1) is 11.8 Å². The van der Waals surface area contributed by atoms with Crippen LogP contribution in [0.1, 0.15) is 44.9 Å². The normalized spacial score (nSPS) is 37.1. The van der Waals surface area contributed by atoms with Gasteiger partial charge in [0, 0.05) is 19.1 Å². The minimum atomic E-state index is 0.651. The molecule has 17 heavy (non-hydrogen) atoms. The van der Waals surface area contributed by atoms with Crippen LogP contribution in [0.3, 0.4) is 0 Å². The second-order valence-corrected chi connectivity index (χ2v) is 6.32. The van der Waals surface area contributed by atoms with Gasteiger partial charge in [0.2, 0.25) is 0 Å². The van der Waals surface area contributed by atoms with E-state index < -0.39 is 0 Å². The Morgan fingerprint density at radius 2 is 1.88 bits per heavy atom. The van der Waals surface area contributed by atoms with Crippen molar-refractivity contribution in [2.45, 2.75) is 51.0 Å². The molecule has 2 bridgehead atoms. The second kappa shape index (κ2) is 5.11. The summed E-state index contributed by atoms with van der Waals surface area (Å²) in [5, 5.41) is 6.66. The van der Waals surface area contributed by atoms with E-state index >= 15 is 0 Å². The Bertz CT molecular complexity index is 288. The number of hydrazine groups is 1. The number of nitrogens with one attached hydrogen (secondary N) is 2. The van der Waals surface area contributed by atoms with Gasteiger partial charge in [0.25, 0.3) is 0 Å². The summed E-state index contributed by atoms with van der Waals surface area (Å²) in [5.41, 5.74) is 3.36. The molecule has 0 unspecified atom stereocenters. The van der Waals surface area contributed by atoms with Crippen molar-refractivity contribution in [2.75, 3.05) is 13.1 Å². The van der Waals surface area contributed by atoms with Crippen molar-refractivity contribution in [2.24, 2.45) is 11.8 Å². The van der Waals surface area contributed by atoms with Gasteiger partial charge < -0.3 is 5.32 Å². The van der Waals surface area contributed by atoms with E-state index in [2.05, 4.69) is 15.8 Å². The number of hydrogen-bond acceptors (Lipinski definition) is 2. The third-order valence-corrected chi connectivity index (χ3v) is 4.88. The molecule has 0 spiro atoms. The van der Waals surface area contributed by atoms with E-state index in [9.17, 15) is 0 Å². The van der Waals surface area contributed by atoms with Gasteiger partial charge in [0.05, 0.1) is 0 Å². The molecule has 0 radical (unpaired) electrons. The van der Waals surface area contributed by atoms with Gasteiger partial charge in [-0.3, -0.25) is 5.43 Å². The van der Waals surface area contributed by atoms with Crippen LogP contribution in [0.5, 0.6) is 0 Å². The van der Waals surface area contributed by atoms with Gasteiger partial charge in [-0.25, -0.2) is 5.01 Å². The zero-order valence-corrected chi connectivity index (χ0v) is 11.3. The Labute approximate surface area is 109 Å². The van der Waals surface area contributed by atoms with Gasteiger partial charge in [-0.1, -0.05) is 12.8 Å². The predicted octanol–water partition coefficient (Wildman–Crippen LogP) is 2.04. The highest BCUT2D eigenvalue weighted by Gasteiger charge is 2.39. The molecule has 0 aromatic rings. The molecule has 1 aliphatic heterocycles. The minimum absolute atomic E-state index is 0.651. The van der Waals surface area contributed by atoms with Crippen molar-refractivity contribution in [3.63, 3.8) is 0 Å². The molecular weight excluding hydrogens is 230 g/mol. The minimum Gasteiger partial charge on any atom is -0.359 e. The lowest BCUT2D eigenvalue weighted by molar-refractivity contribution is 0.192. The molecule has 3 fully saturated rings. The Morgan fingerprint density at radius 3 is 2.53 bits per heavy atom. The number of hydrogen-bond donors (Lipinski definition) is 2. The quantitative estimate of drug-likeness (QED) is 0.737. The molecule has 3 rings (SSSR count). The van der Waals surface area contributed by atoms with E-state index in [4.69, 9.17) is 12.2 Å². The van der Waals surface area contributed by atoms with E-state index in [-0.39, 0.29) is 0 Å². The number of piperidine rings is 1. The maximum absolute atomic E-state index is 5.42. The lowest BCUT2D eigenvalue weighted by atomic mass is 9.96. The summed E-state index contributed by atoms with van der Waals surface area (Å²) in [6.45, 7) is 2.27. The summed E-state index contributed by atoms with van der Waals surface area (Å²) in [6.07, 6.45) is 9.60. The van der Waals surface area contributed by atoms with E-state index in [1.807, 2.05) is 0 Å². The molecule has 3 atom stereocenters. The fraction of sp³-hybridized carbons (Fsp3) is 0.923. The molecule has 0 amide bonds. The molecule has 4 heteroatoms. The summed E-state index contributed by atoms with van der Waals surface area (Å²) < 4.78 is 0. The van der Waals surface area contributed by atoms with Crippen molar-refractivity contribution in [1.82, 2.24) is 15.8 Å². The molecule has 1 heterocycles. The summed E-state index contributed by atoms with van der Waals surface area (Å²) in [6, 6.07) is 0.651. The van der Waals surface area contributed by atoms with Crippen LogP contribution in [0.2, 0.25) is 0 Å². The second-order valence-electron chi connectivity index (χ2n) is 5.91. The predicted molar refractivity (Wildman–Crippen MR) is 73.5 cm³/mol. The van der Waals surface area contributed by atoms with Crippen LogP contribution in [-0.2, 0) is 0 Å². The first-order valence-electron chi connectivity index (χ1n) is 7.13. The van der Waals surface area contributed by atoms with Crippen molar-refractivity contribution in [3.05, 3.63) is 0 Å². The molecule has 3 nitrogen and oxygen atoms in total. The van der Waals surface area contributed by atoms with Gasteiger partial charge in [-0.05, 0) is 56.2 Å². The van der Waals surface area contributed by atoms with Gasteiger partial charge in [-0.2, -0.15) is 0 Å². The number of fused-ring (bicyclic) bond motifs is 2. The Kier molecular flexibility index (Phi) is 3.52. The third kappa shape index (κ3) is 2.74. The van der Waals surface area contributed by atoms with Crippen LogP contribution in [0.4, 0.5) is 0 Å². The summed E-state index contributed by atoms with van der Waals surface area (Å²) in [4.78, 5) is 0. The summed E-state index contributed by atoms with van der Waals surface area (Å²) >= 11 is 5.42. The fourth-order valence-electron chi connectivity index (χ4n) is 3.77. The van der Waals surface area contributed by atoms with E-state index in [0.717, 1.165) is 30.0 Å². The Morgan fingerprint density at radius 1 is 1.06 bits per heavy atom. The Hall–Kier alpha value is -0.350. The SMILES string of the molecule is S=C(N[C@@H]1C[C@H]2CC[C@@H]1C2)NN1CCCCC1. The lowest BCUT2D eigenvalue weighted by Crippen LogP contribution is -2.52. The largest absolute Gasteiger partial charge is 0.359 e. The smallest absolute Gasteiger partial charge is 0.181 e. The van der Waals surface area contributed by atoms with Crippen LogP contribution < -0.4 is 10.7 Å². The first kappa shape index (κ1) is 11.7. The lowest BCUT2D eigenvalue weighted by Gasteiger charge is -2.30. The van der Waals surface area contributed by atoms with E-state index in [1.54, 1.807) is 0 Å². The molecule has 3 aliphatic rings. The number of nitrogens with zero attached hydrogens (tertiary/aromatic N) is 1. The standard InChI is InChI=1S/C13H23N3S/c17-13(15-16-6-2-1-3-7-16)14-12-9-10-4-5-11(12)8-10/h10-12H,1-9H2,(H2,14,15,17)/t10-,11+,12+/m0/s1. The van der Waals surface area contributed by atoms with Gasteiger partial charge in [0.1, 0.15) is 0 Å². The van der Waals surface area contributed by atoms with Crippen LogP contribution >= 0.6 is 12.2 Å². The average Bonchev–Trinajstić information content (AvgIpc) is 2.92. The zero-order chi connectivity index (χ0) is 11.7. The number of thiocarbonyl (C=S) groups is 1. The average molecular weight is 253 g/mol. The monoisotopic (exact) mass is 253 g/mol. The first-order chi connectivity index (χ1) is 8.31. The molecule has 96 valence electrons. The van der Waals surface area contributed by atoms with Crippen LogP contribution in [-0.4, -0.2) is 29.3 Å². The maximum atomic E-state index is 5.42. The molecular formula is C13H23N3S. The van der Waals surface area contributed by atoms with Gasteiger partial charge in [-0.15, -0.1) is 0 Å². The fourth-order valence-corrected chi connectivity index (χ4v) is 4.05. The molecule has 2 aliphatic carbocycles. The highest BCUT2D eigenvalue weighted by Crippen LogP contribution is 2.44. The molecule has 2 N–H and O–H groups in total. The molecule has 2 saturated carbocycles. The summed E-state index contributed by atoms with van der Waals surface area (Å²) in [7, 11) is 0. The Balaban J connectivity index is 1.44. The van der Waals surface area contributed by atoms with Gasteiger partial charge >= 0.3 is 0 Å². The molecule has 1 saturated heterocycles. The highest BCUT2D eigenvalue weighted by molar-refractivity contribution is 7.80.